The Bertz CT molecular complexity index is 1070. The van der Waals surface area contributed by atoms with Crippen molar-refractivity contribution in [1.82, 2.24) is 9.80 Å². The molecule has 0 aromatic heterocycles. The van der Waals surface area contributed by atoms with Gasteiger partial charge in [0, 0.05) is 37.5 Å². The molecule has 3 aromatic rings. The van der Waals surface area contributed by atoms with Crippen molar-refractivity contribution in [3.05, 3.63) is 96.1 Å². The number of rotatable bonds is 5. The van der Waals surface area contributed by atoms with Crippen molar-refractivity contribution in [3.8, 4) is 0 Å². The number of benzene rings is 3. The molecular weight excluding hydrogens is 430 g/mol. The molecule has 2 aliphatic heterocycles. The van der Waals surface area contributed by atoms with Crippen molar-refractivity contribution >= 4 is 29.3 Å². The fraction of sp³-hybridized carbons (Fsp3) is 0.259. The fourth-order valence-electron chi connectivity index (χ4n) is 4.63. The molecule has 0 saturated carbocycles. The van der Waals surface area contributed by atoms with Crippen molar-refractivity contribution in [1.29, 1.82) is 0 Å². The second kappa shape index (κ2) is 9.81. The molecule has 1 saturated heterocycles. The molecule has 2 aliphatic rings. The Hall–Kier alpha value is -3.09. The Morgan fingerprint density at radius 1 is 0.848 bits per heavy atom. The average Bonchev–Trinajstić information content (AvgIpc) is 2.86. The Morgan fingerprint density at radius 2 is 1.42 bits per heavy atom. The highest BCUT2D eigenvalue weighted by molar-refractivity contribution is 8.01. The molecule has 0 bridgehead atoms. The summed E-state index contributed by atoms with van der Waals surface area (Å²) in [5.41, 5.74) is 3.35. The summed E-state index contributed by atoms with van der Waals surface area (Å²) >= 11 is 1.49. The van der Waals surface area contributed by atoms with Gasteiger partial charge in [-0.15, -0.1) is 11.8 Å². The van der Waals surface area contributed by atoms with Crippen LogP contribution in [0.2, 0.25) is 0 Å². The molecule has 0 spiro atoms. The third-order valence-electron chi connectivity index (χ3n) is 6.33. The number of carbonyl (C=O) groups excluding carboxylic acids is 2. The number of carbonyl (C=O) groups is 2. The monoisotopic (exact) mass is 457 g/mol. The Labute approximate surface area is 198 Å². The normalized spacial score (nSPS) is 18.6. The molecule has 0 radical (unpaired) electrons. The van der Waals surface area contributed by atoms with Gasteiger partial charge in [0.1, 0.15) is 0 Å². The number of anilines is 1. The maximum Gasteiger partial charge on any atom is 0.238 e. The Kier molecular flexibility index (Phi) is 6.46. The van der Waals surface area contributed by atoms with Crippen LogP contribution in [0.4, 0.5) is 5.69 Å². The van der Waals surface area contributed by atoms with E-state index in [9.17, 15) is 9.59 Å². The van der Waals surface area contributed by atoms with Gasteiger partial charge in [-0.3, -0.25) is 14.5 Å². The smallest absolute Gasteiger partial charge is 0.238 e. The van der Waals surface area contributed by atoms with Crippen LogP contribution in [0.1, 0.15) is 23.6 Å². The highest BCUT2D eigenvalue weighted by atomic mass is 32.2. The van der Waals surface area contributed by atoms with Gasteiger partial charge in [-0.2, -0.15) is 0 Å². The molecule has 1 N–H and O–H groups in total. The summed E-state index contributed by atoms with van der Waals surface area (Å²) in [5.74, 6) is -0.0310. The minimum absolute atomic E-state index is 0.0534. The van der Waals surface area contributed by atoms with Crippen LogP contribution in [-0.4, -0.2) is 53.0 Å². The van der Waals surface area contributed by atoms with Gasteiger partial charge in [-0.1, -0.05) is 72.8 Å². The van der Waals surface area contributed by atoms with Crippen molar-refractivity contribution in [2.75, 3.05) is 31.5 Å². The number of nitrogens with one attached hydrogen (secondary N) is 1. The maximum absolute atomic E-state index is 13.1. The molecule has 5 nitrogen and oxygen atoms in total. The van der Waals surface area contributed by atoms with Gasteiger partial charge in [0.2, 0.25) is 11.8 Å². The molecule has 2 amide bonds. The summed E-state index contributed by atoms with van der Waals surface area (Å²) in [6.45, 7) is 2.94. The first kappa shape index (κ1) is 21.7. The number of piperazine rings is 1. The first-order chi connectivity index (χ1) is 16.2. The lowest BCUT2D eigenvalue weighted by atomic mass is 9.96. The van der Waals surface area contributed by atoms with Crippen molar-refractivity contribution in [3.63, 3.8) is 0 Å². The number of nitrogens with zero attached hydrogens (tertiary/aromatic N) is 2. The SMILES string of the molecule is O=C1Nc2ccccc2SC1CC(=O)N1CCN(C(c2ccccc2)c2ccccc2)CC1. The predicted octanol–water partition coefficient (Wildman–Crippen LogP) is 4.42. The van der Waals surface area contributed by atoms with Crippen LogP contribution in [-0.2, 0) is 9.59 Å². The summed E-state index contributed by atoms with van der Waals surface area (Å²) in [6, 6.07) is 29.0. The van der Waals surface area contributed by atoms with Crippen LogP contribution < -0.4 is 5.32 Å². The molecule has 3 aromatic carbocycles. The third-order valence-corrected chi connectivity index (χ3v) is 7.60. The summed E-state index contributed by atoms with van der Waals surface area (Å²) < 4.78 is 0. The second-order valence-corrected chi connectivity index (χ2v) is 9.68. The number of hydrogen-bond acceptors (Lipinski definition) is 4. The van der Waals surface area contributed by atoms with Gasteiger partial charge in [-0.25, -0.2) is 0 Å². The van der Waals surface area contributed by atoms with Gasteiger partial charge in [0.25, 0.3) is 0 Å². The van der Waals surface area contributed by atoms with Crippen LogP contribution in [0.5, 0.6) is 0 Å². The Balaban J connectivity index is 1.24. The summed E-state index contributed by atoms with van der Waals surface area (Å²) in [6.07, 6.45) is 0.228. The minimum Gasteiger partial charge on any atom is -0.340 e. The molecule has 6 heteroatoms. The molecule has 33 heavy (non-hydrogen) atoms. The standard InChI is InChI=1S/C27H27N3O2S/c31-25(19-24-27(32)28-22-13-7-8-14-23(22)33-24)29-15-17-30(18-16-29)26(20-9-3-1-4-10-20)21-11-5-2-6-12-21/h1-14,24,26H,15-19H2,(H,28,32). The molecule has 1 fully saturated rings. The number of fused-ring (bicyclic) bond motifs is 1. The van der Waals surface area contributed by atoms with E-state index in [0.717, 1.165) is 23.7 Å². The Morgan fingerprint density at radius 3 is 2.06 bits per heavy atom. The fourth-order valence-corrected chi connectivity index (χ4v) is 5.73. The van der Waals surface area contributed by atoms with E-state index in [0.29, 0.717) is 13.1 Å². The number of amides is 2. The van der Waals surface area contributed by atoms with E-state index in [-0.39, 0.29) is 29.5 Å². The predicted molar refractivity (Wildman–Crippen MR) is 132 cm³/mol. The molecule has 1 atom stereocenters. The summed E-state index contributed by atoms with van der Waals surface area (Å²) in [5, 5.41) is 2.56. The van der Waals surface area contributed by atoms with Crippen LogP contribution in [0, 0.1) is 0 Å². The number of thioether (sulfide) groups is 1. The maximum atomic E-state index is 13.1. The minimum atomic E-state index is -0.383. The highest BCUT2D eigenvalue weighted by Gasteiger charge is 2.33. The largest absolute Gasteiger partial charge is 0.340 e. The highest BCUT2D eigenvalue weighted by Crippen LogP contribution is 2.37. The zero-order valence-electron chi connectivity index (χ0n) is 18.4. The zero-order chi connectivity index (χ0) is 22.6. The van der Waals surface area contributed by atoms with E-state index >= 15 is 0 Å². The molecule has 1 unspecified atom stereocenters. The number of para-hydroxylation sites is 1. The first-order valence-electron chi connectivity index (χ1n) is 11.4. The molecule has 2 heterocycles. The first-order valence-corrected chi connectivity index (χ1v) is 12.3. The van der Waals surface area contributed by atoms with E-state index in [1.54, 1.807) is 0 Å². The molecule has 168 valence electrons. The zero-order valence-corrected chi connectivity index (χ0v) is 19.2. The lowest BCUT2D eigenvalue weighted by Gasteiger charge is -2.40. The van der Waals surface area contributed by atoms with Gasteiger partial charge in [0.15, 0.2) is 0 Å². The van der Waals surface area contributed by atoms with Gasteiger partial charge in [-0.05, 0) is 23.3 Å². The van der Waals surface area contributed by atoms with E-state index in [1.807, 2.05) is 41.3 Å². The van der Waals surface area contributed by atoms with Crippen LogP contribution in [0.25, 0.3) is 0 Å². The van der Waals surface area contributed by atoms with E-state index in [4.69, 9.17) is 0 Å². The topological polar surface area (TPSA) is 52.7 Å². The van der Waals surface area contributed by atoms with Crippen molar-refractivity contribution in [2.45, 2.75) is 22.6 Å². The van der Waals surface area contributed by atoms with Gasteiger partial charge >= 0.3 is 0 Å². The van der Waals surface area contributed by atoms with E-state index in [1.165, 1.54) is 22.9 Å². The van der Waals surface area contributed by atoms with E-state index < -0.39 is 0 Å². The van der Waals surface area contributed by atoms with Crippen molar-refractivity contribution < 1.29 is 9.59 Å². The molecule has 5 rings (SSSR count). The van der Waals surface area contributed by atoms with E-state index in [2.05, 4.69) is 58.7 Å². The lowest BCUT2D eigenvalue weighted by molar-refractivity contribution is -0.134. The summed E-state index contributed by atoms with van der Waals surface area (Å²) in [7, 11) is 0. The number of hydrogen-bond donors (Lipinski definition) is 1. The van der Waals surface area contributed by atoms with Crippen LogP contribution in [0.15, 0.2) is 89.8 Å². The molecular formula is C27H27N3O2S. The van der Waals surface area contributed by atoms with Crippen LogP contribution in [0.3, 0.4) is 0 Å². The summed E-state index contributed by atoms with van der Waals surface area (Å²) in [4.78, 5) is 31.0. The average molecular weight is 458 g/mol. The van der Waals surface area contributed by atoms with Gasteiger partial charge in [0.05, 0.1) is 17.0 Å². The van der Waals surface area contributed by atoms with Gasteiger partial charge < -0.3 is 10.2 Å². The van der Waals surface area contributed by atoms with Crippen LogP contribution >= 0.6 is 11.8 Å². The molecule has 0 aliphatic carbocycles. The third kappa shape index (κ3) is 4.82. The second-order valence-electron chi connectivity index (χ2n) is 8.44. The van der Waals surface area contributed by atoms with Crippen molar-refractivity contribution in [2.24, 2.45) is 0 Å². The quantitative estimate of drug-likeness (QED) is 0.616. The lowest BCUT2D eigenvalue weighted by Crippen LogP contribution is -2.50.